The Labute approximate surface area is 131 Å². The van der Waals surface area contributed by atoms with Gasteiger partial charge in [0.15, 0.2) is 0 Å². The first-order valence-electron chi connectivity index (χ1n) is 7.16. The SMILES string of the molecule is COCCN(CCC(=O)OC)C(=O)/C=C/c1ccc(C)cc1. The summed E-state index contributed by atoms with van der Waals surface area (Å²) in [5.74, 6) is -0.487. The highest BCUT2D eigenvalue weighted by molar-refractivity contribution is 5.92. The van der Waals surface area contributed by atoms with Crippen LogP contribution in [-0.4, -0.2) is 50.7 Å². The second-order valence-corrected chi connectivity index (χ2v) is 4.89. The Balaban J connectivity index is 2.64. The van der Waals surface area contributed by atoms with Crippen LogP contribution in [0.3, 0.4) is 0 Å². The molecule has 0 saturated carbocycles. The molecule has 0 saturated heterocycles. The lowest BCUT2D eigenvalue weighted by molar-refractivity contribution is -0.141. The first-order chi connectivity index (χ1) is 10.6. The molecule has 1 rings (SSSR count). The molecule has 0 aromatic heterocycles. The zero-order valence-electron chi connectivity index (χ0n) is 13.4. The smallest absolute Gasteiger partial charge is 0.307 e. The predicted molar refractivity (Wildman–Crippen MR) is 85.3 cm³/mol. The maximum absolute atomic E-state index is 12.2. The van der Waals surface area contributed by atoms with Gasteiger partial charge in [0.2, 0.25) is 5.91 Å². The van der Waals surface area contributed by atoms with Gasteiger partial charge in [-0.2, -0.15) is 0 Å². The van der Waals surface area contributed by atoms with E-state index >= 15 is 0 Å². The lowest BCUT2D eigenvalue weighted by Gasteiger charge is -2.20. The molecule has 5 heteroatoms. The van der Waals surface area contributed by atoms with Crippen molar-refractivity contribution in [3.05, 3.63) is 41.5 Å². The minimum atomic E-state index is -0.335. The Morgan fingerprint density at radius 1 is 1.14 bits per heavy atom. The number of methoxy groups -OCH3 is 2. The summed E-state index contributed by atoms with van der Waals surface area (Å²) >= 11 is 0. The molecule has 0 unspecified atom stereocenters. The Kier molecular flexibility index (Phi) is 7.92. The number of esters is 1. The Morgan fingerprint density at radius 3 is 2.41 bits per heavy atom. The van der Waals surface area contributed by atoms with E-state index in [0.29, 0.717) is 19.7 Å². The number of benzene rings is 1. The molecule has 1 aromatic carbocycles. The van der Waals surface area contributed by atoms with Gasteiger partial charge in [-0.1, -0.05) is 29.8 Å². The fraction of sp³-hybridized carbons (Fsp3) is 0.412. The second kappa shape index (κ2) is 9.73. The Hall–Kier alpha value is -2.14. The van der Waals surface area contributed by atoms with E-state index in [4.69, 9.17) is 4.74 Å². The first kappa shape index (κ1) is 17.9. The molecule has 5 nitrogen and oxygen atoms in total. The van der Waals surface area contributed by atoms with Crippen molar-refractivity contribution in [1.82, 2.24) is 4.90 Å². The number of hydrogen-bond donors (Lipinski definition) is 0. The van der Waals surface area contributed by atoms with Crippen LogP contribution in [0, 0.1) is 6.92 Å². The summed E-state index contributed by atoms with van der Waals surface area (Å²) < 4.78 is 9.60. The molecule has 1 amide bonds. The third kappa shape index (κ3) is 6.54. The molecule has 0 N–H and O–H groups in total. The minimum absolute atomic E-state index is 0.151. The standard InChI is InChI=1S/C17H23NO4/c1-14-4-6-15(7-5-14)8-9-16(19)18(12-13-21-2)11-10-17(20)22-3/h4-9H,10-13H2,1-3H3/b9-8+. The summed E-state index contributed by atoms with van der Waals surface area (Å²) in [4.78, 5) is 25.0. The van der Waals surface area contributed by atoms with Crippen LogP contribution in [0.4, 0.5) is 0 Å². The summed E-state index contributed by atoms with van der Waals surface area (Å²) in [5.41, 5.74) is 2.13. The molecule has 120 valence electrons. The highest BCUT2D eigenvalue weighted by Gasteiger charge is 2.12. The van der Waals surface area contributed by atoms with E-state index in [9.17, 15) is 9.59 Å². The van der Waals surface area contributed by atoms with Gasteiger partial charge in [0.25, 0.3) is 0 Å². The van der Waals surface area contributed by atoms with Crippen molar-refractivity contribution in [3.63, 3.8) is 0 Å². The Bertz CT molecular complexity index is 508. The van der Waals surface area contributed by atoms with Crippen LogP contribution < -0.4 is 0 Å². The molecule has 0 atom stereocenters. The summed E-state index contributed by atoms with van der Waals surface area (Å²) in [7, 11) is 2.91. The number of carbonyl (C=O) groups excluding carboxylic acids is 2. The van der Waals surface area contributed by atoms with Crippen LogP contribution in [0.5, 0.6) is 0 Å². The van der Waals surface area contributed by atoms with Gasteiger partial charge in [0, 0.05) is 26.3 Å². The van der Waals surface area contributed by atoms with Crippen LogP contribution in [0.25, 0.3) is 6.08 Å². The van der Waals surface area contributed by atoms with E-state index < -0.39 is 0 Å². The Morgan fingerprint density at radius 2 is 1.82 bits per heavy atom. The van der Waals surface area contributed by atoms with E-state index in [2.05, 4.69) is 4.74 Å². The zero-order valence-corrected chi connectivity index (χ0v) is 13.4. The third-order valence-electron chi connectivity index (χ3n) is 3.19. The van der Waals surface area contributed by atoms with Gasteiger partial charge < -0.3 is 14.4 Å². The second-order valence-electron chi connectivity index (χ2n) is 4.89. The normalized spacial score (nSPS) is 10.7. The quantitative estimate of drug-likeness (QED) is 0.545. The molecule has 0 spiro atoms. The summed E-state index contributed by atoms with van der Waals surface area (Å²) in [6, 6.07) is 7.88. The van der Waals surface area contributed by atoms with Crippen LogP contribution in [-0.2, 0) is 19.1 Å². The molecule has 0 aliphatic carbocycles. The number of rotatable bonds is 8. The van der Waals surface area contributed by atoms with E-state index in [0.717, 1.165) is 5.56 Å². The summed E-state index contributed by atoms with van der Waals surface area (Å²) in [5, 5.41) is 0. The minimum Gasteiger partial charge on any atom is -0.469 e. The van der Waals surface area contributed by atoms with E-state index in [-0.39, 0.29) is 18.3 Å². The highest BCUT2D eigenvalue weighted by Crippen LogP contribution is 2.06. The van der Waals surface area contributed by atoms with Crippen molar-refractivity contribution in [3.8, 4) is 0 Å². The van der Waals surface area contributed by atoms with Crippen LogP contribution in [0.15, 0.2) is 30.3 Å². The molecule has 0 radical (unpaired) electrons. The zero-order chi connectivity index (χ0) is 16.4. The number of hydrogen-bond acceptors (Lipinski definition) is 4. The fourth-order valence-corrected chi connectivity index (χ4v) is 1.81. The number of aryl methyl sites for hydroxylation is 1. The maximum Gasteiger partial charge on any atom is 0.307 e. The summed E-state index contributed by atoms with van der Waals surface area (Å²) in [6.07, 6.45) is 3.45. The van der Waals surface area contributed by atoms with Gasteiger partial charge in [0.1, 0.15) is 0 Å². The van der Waals surface area contributed by atoms with Gasteiger partial charge in [-0.25, -0.2) is 0 Å². The molecule has 0 fully saturated rings. The van der Waals surface area contributed by atoms with E-state index in [1.807, 2.05) is 31.2 Å². The van der Waals surface area contributed by atoms with Gasteiger partial charge in [-0.05, 0) is 18.6 Å². The number of nitrogens with zero attached hydrogens (tertiary/aromatic N) is 1. The number of carbonyl (C=O) groups is 2. The van der Waals surface area contributed by atoms with Gasteiger partial charge in [0.05, 0.1) is 20.1 Å². The fourth-order valence-electron chi connectivity index (χ4n) is 1.81. The van der Waals surface area contributed by atoms with Crippen LogP contribution in [0.2, 0.25) is 0 Å². The van der Waals surface area contributed by atoms with Gasteiger partial charge in [-0.3, -0.25) is 9.59 Å². The van der Waals surface area contributed by atoms with Crippen molar-refractivity contribution in [2.24, 2.45) is 0 Å². The topological polar surface area (TPSA) is 55.8 Å². The highest BCUT2D eigenvalue weighted by atomic mass is 16.5. The van der Waals surface area contributed by atoms with Crippen LogP contribution >= 0.6 is 0 Å². The molecule has 0 heterocycles. The van der Waals surface area contributed by atoms with Crippen molar-refractivity contribution < 1.29 is 19.1 Å². The average Bonchev–Trinajstić information content (AvgIpc) is 2.53. The lowest BCUT2D eigenvalue weighted by atomic mass is 10.1. The molecule has 0 aliphatic heterocycles. The monoisotopic (exact) mass is 305 g/mol. The largest absolute Gasteiger partial charge is 0.469 e. The maximum atomic E-state index is 12.2. The first-order valence-corrected chi connectivity index (χ1v) is 7.16. The van der Waals surface area contributed by atoms with Crippen molar-refractivity contribution >= 4 is 18.0 Å². The molecule has 0 aliphatic rings. The van der Waals surface area contributed by atoms with Crippen molar-refractivity contribution in [1.29, 1.82) is 0 Å². The van der Waals surface area contributed by atoms with Crippen molar-refractivity contribution in [2.45, 2.75) is 13.3 Å². The lowest BCUT2D eigenvalue weighted by Crippen LogP contribution is -2.34. The summed E-state index contributed by atoms with van der Waals surface area (Å²) in [6.45, 7) is 3.18. The molecule has 0 bridgehead atoms. The van der Waals surface area contributed by atoms with Crippen LogP contribution in [0.1, 0.15) is 17.5 Å². The van der Waals surface area contributed by atoms with E-state index in [1.165, 1.54) is 18.7 Å². The molecule has 1 aromatic rings. The third-order valence-corrected chi connectivity index (χ3v) is 3.19. The predicted octanol–water partition coefficient (Wildman–Crippen LogP) is 2.05. The number of ether oxygens (including phenoxy) is 2. The van der Waals surface area contributed by atoms with Gasteiger partial charge in [-0.15, -0.1) is 0 Å². The van der Waals surface area contributed by atoms with Crippen molar-refractivity contribution in [2.75, 3.05) is 33.9 Å². The van der Waals surface area contributed by atoms with Gasteiger partial charge >= 0.3 is 5.97 Å². The molecular weight excluding hydrogens is 282 g/mol. The number of amides is 1. The van der Waals surface area contributed by atoms with E-state index in [1.54, 1.807) is 18.1 Å². The molecular formula is C17H23NO4. The average molecular weight is 305 g/mol. The molecule has 22 heavy (non-hydrogen) atoms.